The molecule has 1 fully saturated rings. The van der Waals surface area contributed by atoms with Gasteiger partial charge in [-0.1, -0.05) is 6.07 Å². The van der Waals surface area contributed by atoms with Gasteiger partial charge in [-0.15, -0.1) is 0 Å². The number of fused-ring (bicyclic) bond motifs is 1. The van der Waals surface area contributed by atoms with Crippen molar-refractivity contribution in [3.8, 4) is 0 Å². The number of nitrogens with one attached hydrogen (secondary N) is 1. The quantitative estimate of drug-likeness (QED) is 0.936. The first-order valence-electron chi connectivity index (χ1n) is 8.07. The Morgan fingerprint density at radius 3 is 2.83 bits per heavy atom. The molecular weight excluding hydrogens is 292 g/mol. The van der Waals surface area contributed by atoms with Gasteiger partial charge in [-0.05, 0) is 37.5 Å². The fourth-order valence-electron chi connectivity index (χ4n) is 2.84. The highest BCUT2D eigenvalue weighted by Crippen LogP contribution is 2.22. The molecule has 0 aliphatic carbocycles. The SMILES string of the molecule is Cc1ccc2oc(NC3CCN(CC(=O)N(C)C)CC3)nc2c1. The Bertz CT molecular complexity index is 687. The van der Waals surface area contributed by atoms with Crippen LogP contribution in [0.3, 0.4) is 0 Å². The number of nitrogens with zero attached hydrogens (tertiary/aromatic N) is 3. The number of anilines is 1. The van der Waals surface area contributed by atoms with E-state index in [4.69, 9.17) is 4.42 Å². The molecule has 1 N–H and O–H groups in total. The van der Waals surface area contributed by atoms with E-state index in [9.17, 15) is 4.79 Å². The zero-order valence-corrected chi connectivity index (χ0v) is 14.0. The minimum Gasteiger partial charge on any atom is -0.424 e. The highest BCUT2D eigenvalue weighted by molar-refractivity contribution is 5.77. The smallest absolute Gasteiger partial charge is 0.295 e. The first kappa shape index (κ1) is 15.8. The van der Waals surface area contributed by atoms with Crippen molar-refractivity contribution < 1.29 is 9.21 Å². The normalized spacial score (nSPS) is 16.7. The van der Waals surface area contributed by atoms with Crippen LogP contribution in [0.5, 0.6) is 0 Å². The monoisotopic (exact) mass is 316 g/mol. The second-order valence-corrected chi connectivity index (χ2v) is 6.47. The topological polar surface area (TPSA) is 61.6 Å². The first-order valence-corrected chi connectivity index (χ1v) is 8.07. The first-order chi connectivity index (χ1) is 11.0. The Kier molecular flexibility index (Phi) is 4.52. The highest BCUT2D eigenvalue weighted by atomic mass is 16.4. The maximum atomic E-state index is 11.8. The van der Waals surface area contributed by atoms with Gasteiger partial charge in [0.05, 0.1) is 6.54 Å². The molecule has 1 amide bonds. The Hall–Kier alpha value is -2.08. The second kappa shape index (κ2) is 6.58. The molecule has 23 heavy (non-hydrogen) atoms. The van der Waals surface area contributed by atoms with Gasteiger partial charge in [-0.25, -0.2) is 0 Å². The van der Waals surface area contributed by atoms with E-state index in [2.05, 4.69) is 15.2 Å². The van der Waals surface area contributed by atoms with Crippen LogP contribution in [0.15, 0.2) is 22.6 Å². The minimum atomic E-state index is 0.158. The van der Waals surface area contributed by atoms with Gasteiger partial charge in [-0.2, -0.15) is 4.98 Å². The van der Waals surface area contributed by atoms with Crippen LogP contribution >= 0.6 is 0 Å². The fourth-order valence-corrected chi connectivity index (χ4v) is 2.84. The maximum Gasteiger partial charge on any atom is 0.295 e. The molecule has 2 aromatic rings. The largest absolute Gasteiger partial charge is 0.424 e. The average molecular weight is 316 g/mol. The molecular formula is C17H24N4O2. The average Bonchev–Trinajstić information content (AvgIpc) is 2.90. The summed E-state index contributed by atoms with van der Waals surface area (Å²) in [6, 6.07) is 6.94. The number of aryl methyl sites for hydroxylation is 1. The lowest BCUT2D eigenvalue weighted by atomic mass is 10.1. The standard InChI is InChI=1S/C17H24N4O2/c1-12-4-5-15-14(10-12)19-17(23-15)18-13-6-8-21(9-7-13)11-16(22)20(2)3/h4-5,10,13H,6-9,11H2,1-3H3,(H,18,19). The van der Waals surface area contributed by atoms with E-state index in [-0.39, 0.29) is 5.91 Å². The van der Waals surface area contributed by atoms with Crippen LogP contribution in [0.1, 0.15) is 18.4 Å². The zero-order valence-electron chi connectivity index (χ0n) is 14.0. The van der Waals surface area contributed by atoms with Crippen LogP contribution in [0.4, 0.5) is 6.01 Å². The molecule has 6 heteroatoms. The summed E-state index contributed by atoms with van der Waals surface area (Å²) >= 11 is 0. The number of oxazole rings is 1. The number of aromatic nitrogens is 1. The van der Waals surface area contributed by atoms with Gasteiger partial charge in [0, 0.05) is 33.2 Å². The molecule has 124 valence electrons. The number of likely N-dealkylation sites (N-methyl/N-ethyl adjacent to an activating group) is 1. The third-order valence-electron chi connectivity index (χ3n) is 4.32. The number of benzene rings is 1. The van der Waals surface area contributed by atoms with E-state index >= 15 is 0 Å². The summed E-state index contributed by atoms with van der Waals surface area (Å²) in [6.07, 6.45) is 1.97. The van der Waals surface area contributed by atoms with Crippen molar-refractivity contribution in [3.63, 3.8) is 0 Å². The molecule has 1 aliphatic rings. The van der Waals surface area contributed by atoms with E-state index < -0.39 is 0 Å². The lowest BCUT2D eigenvalue weighted by molar-refractivity contribution is -0.130. The molecule has 2 heterocycles. The van der Waals surface area contributed by atoms with Gasteiger partial charge >= 0.3 is 0 Å². The summed E-state index contributed by atoms with van der Waals surface area (Å²) in [7, 11) is 3.59. The molecule has 3 rings (SSSR count). The molecule has 0 atom stereocenters. The number of carbonyl (C=O) groups excluding carboxylic acids is 1. The number of hydrogen-bond donors (Lipinski definition) is 1. The summed E-state index contributed by atoms with van der Waals surface area (Å²) in [6.45, 7) is 4.38. The summed E-state index contributed by atoms with van der Waals surface area (Å²) < 4.78 is 5.75. The summed E-state index contributed by atoms with van der Waals surface area (Å²) in [4.78, 5) is 20.1. The number of carbonyl (C=O) groups is 1. The Morgan fingerprint density at radius 1 is 1.39 bits per heavy atom. The Balaban J connectivity index is 1.54. The molecule has 0 unspecified atom stereocenters. The van der Waals surface area contributed by atoms with Gasteiger partial charge in [0.15, 0.2) is 5.58 Å². The number of rotatable bonds is 4. The van der Waals surface area contributed by atoms with Crippen LogP contribution in [-0.4, -0.2) is 60.5 Å². The van der Waals surface area contributed by atoms with Crippen molar-refractivity contribution in [2.45, 2.75) is 25.8 Å². The minimum absolute atomic E-state index is 0.158. The van der Waals surface area contributed by atoms with E-state index in [1.807, 2.05) is 25.1 Å². The number of amides is 1. The fraction of sp³-hybridized carbons (Fsp3) is 0.529. The van der Waals surface area contributed by atoms with E-state index in [1.165, 1.54) is 5.56 Å². The lowest BCUT2D eigenvalue weighted by Crippen LogP contribution is -2.43. The number of hydrogen-bond acceptors (Lipinski definition) is 5. The third-order valence-corrected chi connectivity index (χ3v) is 4.32. The molecule has 1 aromatic heterocycles. The van der Waals surface area contributed by atoms with Gasteiger partial charge in [-0.3, -0.25) is 9.69 Å². The van der Waals surface area contributed by atoms with Crippen molar-refractivity contribution in [2.24, 2.45) is 0 Å². The number of piperidine rings is 1. The second-order valence-electron chi connectivity index (χ2n) is 6.47. The molecule has 1 saturated heterocycles. The van der Waals surface area contributed by atoms with Crippen molar-refractivity contribution >= 4 is 23.0 Å². The maximum absolute atomic E-state index is 11.8. The van der Waals surface area contributed by atoms with E-state index in [1.54, 1.807) is 19.0 Å². The van der Waals surface area contributed by atoms with Crippen molar-refractivity contribution in [2.75, 3.05) is 39.0 Å². The molecule has 1 aromatic carbocycles. The van der Waals surface area contributed by atoms with Gasteiger partial charge in [0.2, 0.25) is 5.91 Å². The number of likely N-dealkylation sites (tertiary alicyclic amines) is 1. The van der Waals surface area contributed by atoms with Crippen molar-refractivity contribution in [1.29, 1.82) is 0 Å². The molecule has 0 radical (unpaired) electrons. The van der Waals surface area contributed by atoms with Gasteiger partial charge in [0.25, 0.3) is 6.01 Å². The van der Waals surface area contributed by atoms with Gasteiger partial charge in [0.1, 0.15) is 5.52 Å². The third kappa shape index (κ3) is 3.82. The lowest BCUT2D eigenvalue weighted by Gasteiger charge is -2.32. The molecule has 0 saturated carbocycles. The van der Waals surface area contributed by atoms with Crippen molar-refractivity contribution in [1.82, 2.24) is 14.8 Å². The van der Waals surface area contributed by atoms with Gasteiger partial charge < -0.3 is 14.6 Å². The highest BCUT2D eigenvalue weighted by Gasteiger charge is 2.22. The van der Waals surface area contributed by atoms with Crippen LogP contribution in [-0.2, 0) is 4.79 Å². The van der Waals surface area contributed by atoms with E-state index in [0.29, 0.717) is 18.6 Å². The molecule has 1 aliphatic heterocycles. The summed E-state index contributed by atoms with van der Waals surface area (Å²) in [5, 5.41) is 3.39. The van der Waals surface area contributed by atoms with Crippen molar-refractivity contribution in [3.05, 3.63) is 23.8 Å². The molecule has 6 nitrogen and oxygen atoms in total. The summed E-state index contributed by atoms with van der Waals surface area (Å²) in [5.41, 5.74) is 2.88. The predicted octanol–water partition coefficient (Wildman–Crippen LogP) is 2.10. The zero-order chi connectivity index (χ0) is 16.4. The molecule has 0 spiro atoms. The Labute approximate surface area is 136 Å². The van der Waals surface area contributed by atoms with Crippen LogP contribution in [0.25, 0.3) is 11.1 Å². The van der Waals surface area contributed by atoms with Crippen LogP contribution in [0, 0.1) is 6.92 Å². The van der Waals surface area contributed by atoms with Crippen LogP contribution in [0.2, 0.25) is 0 Å². The predicted molar refractivity (Wildman–Crippen MR) is 90.5 cm³/mol. The summed E-state index contributed by atoms with van der Waals surface area (Å²) in [5.74, 6) is 0.158. The molecule has 0 bridgehead atoms. The Morgan fingerprint density at radius 2 is 2.13 bits per heavy atom. The van der Waals surface area contributed by atoms with Crippen LogP contribution < -0.4 is 5.32 Å². The van der Waals surface area contributed by atoms with E-state index in [0.717, 1.165) is 37.0 Å².